The molecule has 1 heterocycles. The standard InChI is InChI=1S/C8H8N4O4/c1-2-16-8-5(12(14)15)3-4-6(7(8)13)10-11-9-4/h3,13H,2H2,1H3,(H,9,10,11). The molecule has 0 bridgehead atoms. The maximum atomic E-state index is 10.8. The van der Waals surface area contributed by atoms with Gasteiger partial charge in [-0.1, -0.05) is 5.21 Å². The first-order chi connectivity index (χ1) is 7.65. The Bertz CT molecular complexity index is 550. The van der Waals surface area contributed by atoms with Crippen LogP contribution in [0.3, 0.4) is 0 Å². The maximum absolute atomic E-state index is 10.8. The van der Waals surface area contributed by atoms with Gasteiger partial charge in [0, 0.05) is 6.07 Å². The van der Waals surface area contributed by atoms with Gasteiger partial charge in [0.15, 0.2) is 11.3 Å². The number of aromatic amines is 1. The van der Waals surface area contributed by atoms with Crippen molar-refractivity contribution in [2.45, 2.75) is 6.92 Å². The van der Waals surface area contributed by atoms with Gasteiger partial charge < -0.3 is 9.84 Å². The van der Waals surface area contributed by atoms with E-state index in [1.165, 1.54) is 6.07 Å². The molecule has 0 radical (unpaired) electrons. The van der Waals surface area contributed by atoms with Crippen molar-refractivity contribution in [1.82, 2.24) is 15.4 Å². The van der Waals surface area contributed by atoms with Crippen LogP contribution in [0.25, 0.3) is 11.0 Å². The average molecular weight is 224 g/mol. The number of nitro benzene ring substituents is 1. The number of benzene rings is 1. The van der Waals surface area contributed by atoms with Crippen molar-refractivity contribution in [2.75, 3.05) is 6.61 Å². The van der Waals surface area contributed by atoms with Gasteiger partial charge in [-0.05, 0) is 6.92 Å². The van der Waals surface area contributed by atoms with Crippen LogP contribution < -0.4 is 4.74 Å². The molecule has 2 N–H and O–H groups in total. The zero-order valence-corrected chi connectivity index (χ0v) is 8.30. The second kappa shape index (κ2) is 3.65. The SMILES string of the molecule is CCOc1c([N+](=O)[O-])cc2[nH]nnc2c1O. The monoisotopic (exact) mass is 224 g/mol. The first kappa shape index (κ1) is 10.1. The number of nitro groups is 1. The number of hydrogen-bond donors (Lipinski definition) is 2. The lowest BCUT2D eigenvalue weighted by molar-refractivity contribution is -0.385. The summed E-state index contributed by atoms with van der Waals surface area (Å²) in [7, 11) is 0. The number of nitrogens with zero attached hydrogens (tertiary/aromatic N) is 3. The Morgan fingerprint density at radius 3 is 3.06 bits per heavy atom. The Kier molecular flexibility index (Phi) is 2.31. The summed E-state index contributed by atoms with van der Waals surface area (Å²) >= 11 is 0. The van der Waals surface area contributed by atoms with E-state index in [9.17, 15) is 15.2 Å². The van der Waals surface area contributed by atoms with Crippen molar-refractivity contribution >= 4 is 16.7 Å². The van der Waals surface area contributed by atoms with E-state index in [0.717, 1.165) is 0 Å². The Morgan fingerprint density at radius 1 is 1.69 bits per heavy atom. The molecule has 0 saturated carbocycles. The fraction of sp³-hybridized carbons (Fsp3) is 0.250. The number of H-pyrrole nitrogens is 1. The highest BCUT2D eigenvalue weighted by atomic mass is 16.6. The Hall–Kier alpha value is -2.38. The normalized spacial score (nSPS) is 10.6. The maximum Gasteiger partial charge on any atom is 0.317 e. The fourth-order valence-corrected chi connectivity index (χ4v) is 1.36. The molecule has 0 atom stereocenters. The van der Waals surface area contributed by atoms with E-state index in [1.54, 1.807) is 6.92 Å². The molecule has 0 aliphatic heterocycles. The second-order valence-corrected chi connectivity index (χ2v) is 2.97. The van der Waals surface area contributed by atoms with Gasteiger partial charge in [0.2, 0.25) is 5.75 Å². The number of rotatable bonds is 3. The molecule has 8 heteroatoms. The molecule has 0 amide bonds. The van der Waals surface area contributed by atoms with Crippen LogP contribution in [-0.4, -0.2) is 32.0 Å². The molecule has 8 nitrogen and oxygen atoms in total. The zero-order valence-electron chi connectivity index (χ0n) is 8.30. The zero-order chi connectivity index (χ0) is 11.7. The molecule has 0 aliphatic carbocycles. The van der Waals surface area contributed by atoms with Crippen molar-refractivity contribution in [1.29, 1.82) is 0 Å². The first-order valence-electron chi connectivity index (χ1n) is 4.49. The lowest BCUT2D eigenvalue weighted by Gasteiger charge is -2.05. The molecule has 1 aromatic carbocycles. The second-order valence-electron chi connectivity index (χ2n) is 2.97. The van der Waals surface area contributed by atoms with Gasteiger partial charge in [-0.15, -0.1) is 5.10 Å². The Morgan fingerprint density at radius 2 is 2.44 bits per heavy atom. The van der Waals surface area contributed by atoms with Gasteiger partial charge >= 0.3 is 5.69 Å². The van der Waals surface area contributed by atoms with E-state index in [-0.39, 0.29) is 34.8 Å². The molecular formula is C8H8N4O4. The number of phenols is 1. The lowest BCUT2D eigenvalue weighted by atomic mass is 10.2. The number of phenolic OH excluding ortho intramolecular Hbond substituents is 1. The molecule has 0 fully saturated rings. The van der Waals surface area contributed by atoms with E-state index in [2.05, 4.69) is 15.4 Å². The molecule has 16 heavy (non-hydrogen) atoms. The van der Waals surface area contributed by atoms with Crippen molar-refractivity contribution < 1.29 is 14.8 Å². The molecule has 2 aromatic rings. The van der Waals surface area contributed by atoms with Crippen molar-refractivity contribution in [2.24, 2.45) is 0 Å². The summed E-state index contributed by atoms with van der Waals surface area (Å²) in [5.74, 6) is -0.561. The van der Waals surface area contributed by atoms with Gasteiger partial charge in [0.1, 0.15) is 0 Å². The highest BCUT2D eigenvalue weighted by Crippen LogP contribution is 2.40. The third-order valence-electron chi connectivity index (χ3n) is 2.01. The molecule has 0 spiro atoms. The molecule has 84 valence electrons. The third kappa shape index (κ3) is 1.40. The summed E-state index contributed by atoms with van der Waals surface area (Å²) in [5.41, 5.74) is 0.111. The van der Waals surface area contributed by atoms with E-state index in [0.29, 0.717) is 0 Å². The molecule has 0 unspecified atom stereocenters. The number of nitrogens with one attached hydrogen (secondary N) is 1. The third-order valence-corrected chi connectivity index (χ3v) is 2.01. The first-order valence-corrected chi connectivity index (χ1v) is 4.49. The minimum Gasteiger partial charge on any atom is -0.502 e. The van der Waals surface area contributed by atoms with Gasteiger partial charge in [-0.3, -0.25) is 15.2 Å². The summed E-state index contributed by atoms with van der Waals surface area (Å²) in [5, 5.41) is 30.0. The molecule has 0 aliphatic rings. The summed E-state index contributed by atoms with van der Waals surface area (Å²) in [4.78, 5) is 10.1. The molecule has 2 rings (SSSR count). The van der Waals surface area contributed by atoms with Crippen LogP contribution in [0, 0.1) is 10.1 Å². The predicted octanol–water partition coefficient (Wildman–Crippen LogP) is 0.970. The molecule has 0 saturated heterocycles. The smallest absolute Gasteiger partial charge is 0.317 e. The van der Waals surface area contributed by atoms with E-state index < -0.39 is 4.92 Å². The van der Waals surface area contributed by atoms with Crippen molar-refractivity contribution in [3.63, 3.8) is 0 Å². The van der Waals surface area contributed by atoms with Crippen LogP contribution in [0.5, 0.6) is 11.5 Å². The minimum absolute atomic E-state index is 0.147. The number of hydrogen-bond acceptors (Lipinski definition) is 6. The van der Waals surface area contributed by atoms with Crippen LogP contribution in [0.15, 0.2) is 6.07 Å². The summed E-state index contributed by atoms with van der Waals surface area (Å²) < 4.78 is 5.03. The highest BCUT2D eigenvalue weighted by Gasteiger charge is 2.24. The van der Waals surface area contributed by atoms with E-state index in [4.69, 9.17) is 4.74 Å². The van der Waals surface area contributed by atoms with Gasteiger partial charge in [-0.2, -0.15) is 0 Å². The van der Waals surface area contributed by atoms with Gasteiger partial charge in [0.25, 0.3) is 0 Å². The summed E-state index contributed by atoms with van der Waals surface area (Å²) in [6.07, 6.45) is 0. The number of aromatic hydroxyl groups is 1. The minimum atomic E-state index is -0.634. The Balaban J connectivity index is 2.75. The van der Waals surface area contributed by atoms with Crippen LogP contribution >= 0.6 is 0 Å². The predicted molar refractivity (Wildman–Crippen MR) is 53.4 cm³/mol. The van der Waals surface area contributed by atoms with Gasteiger partial charge in [-0.25, -0.2) is 0 Å². The Labute approximate surface area is 89.0 Å². The summed E-state index contributed by atoms with van der Waals surface area (Å²) in [6.45, 7) is 1.87. The van der Waals surface area contributed by atoms with Gasteiger partial charge in [0.05, 0.1) is 17.0 Å². The largest absolute Gasteiger partial charge is 0.502 e. The molecular weight excluding hydrogens is 216 g/mol. The van der Waals surface area contributed by atoms with Crippen LogP contribution in [0.2, 0.25) is 0 Å². The van der Waals surface area contributed by atoms with Crippen molar-refractivity contribution in [3.8, 4) is 11.5 Å². The topological polar surface area (TPSA) is 114 Å². The molecule has 1 aromatic heterocycles. The summed E-state index contributed by atoms with van der Waals surface area (Å²) in [6, 6.07) is 1.22. The van der Waals surface area contributed by atoms with Crippen LogP contribution in [-0.2, 0) is 0 Å². The fourth-order valence-electron chi connectivity index (χ4n) is 1.36. The lowest BCUT2D eigenvalue weighted by Crippen LogP contribution is -1.98. The van der Waals surface area contributed by atoms with E-state index in [1.807, 2.05) is 0 Å². The average Bonchev–Trinajstić information content (AvgIpc) is 2.70. The number of fused-ring (bicyclic) bond motifs is 1. The quantitative estimate of drug-likeness (QED) is 0.593. The van der Waals surface area contributed by atoms with E-state index >= 15 is 0 Å². The highest BCUT2D eigenvalue weighted by molar-refractivity contribution is 5.87. The van der Waals surface area contributed by atoms with Crippen LogP contribution in [0.4, 0.5) is 5.69 Å². The number of aromatic nitrogens is 3. The van der Waals surface area contributed by atoms with Crippen LogP contribution in [0.1, 0.15) is 6.92 Å². The van der Waals surface area contributed by atoms with Crippen molar-refractivity contribution in [3.05, 3.63) is 16.2 Å². The number of ether oxygens (including phenoxy) is 1.